The zero-order chi connectivity index (χ0) is 13.8. The SMILES string of the molecule is CCOC(=O)Cn1c(CCCl)nc2cc(Cl)cnc21. The topological polar surface area (TPSA) is 57.0 Å². The third kappa shape index (κ3) is 3.16. The van der Waals surface area contributed by atoms with Crippen molar-refractivity contribution in [3.63, 3.8) is 0 Å². The summed E-state index contributed by atoms with van der Waals surface area (Å²) in [5.74, 6) is 0.794. The molecule has 5 nitrogen and oxygen atoms in total. The molecule has 2 rings (SSSR count). The molecule has 0 aromatic carbocycles. The number of fused-ring (bicyclic) bond motifs is 1. The number of nitrogens with zero attached hydrogens (tertiary/aromatic N) is 3. The minimum atomic E-state index is -0.325. The number of carbonyl (C=O) groups excluding carboxylic acids is 1. The van der Waals surface area contributed by atoms with E-state index in [-0.39, 0.29) is 12.5 Å². The molecule has 0 aliphatic carbocycles. The Bertz CT molecular complexity index is 598. The quantitative estimate of drug-likeness (QED) is 0.629. The van der Waals surface area contributed by atoms with Crippen LogP contribution in [0.1, 0.15) is 12.7 Å². The van der Waals surface area contributed by atoms with Crippen molar-refractivity contribution in [3.05, 3.63) is 23.1 Å². The molecule has 102 valence electrons. The average Bonchev–Trinajstić information content (AvgIpc) is 2.67. The Balaban J connectivity index is 2.42. The Kier molecular flexibility index (Phi) is 4.61. The molecule has 0 atom stereocenters. The Morgan fingerprint density at radius 3 is 3.00 bits per heavy atom. The van der Waals surface area contributed by atoms with Gasteiger partial charge in [-0.15, -0.1) is 11.6 Å². The molecule has 2 aromatic rings. The molecule has 0 saturated carbocycles. The number of imidazole rings is 1. The first-order valence-corrected chi connectivity index (χ1v) is 6.79. The average molecular weight is 302 g/mol. The zero-order valence-electron chi connectivity index (χ0n) is 10.4. The first kappa shape index (κ1) is 14.1. The lowest BCUT2D eigenvalue weighted by Crippen LogP contribution is -2.16. The van der Waals surface area contributed by atoms with Crippen LogP contribution in [0.15, 0.2) is 12.3 Å². The van der Waals surface area contributed by atoms with Crippen molar-refractivity contribution in [2.45, 2.75) is 19.9 Å². The van der Waals surface area contributed by atoms with Crippen LogP contribution in [0.5, 0.6) is 0 Å². The summed E-state index contributed by atoms with van der Waals surface area (Å²) in [4.78, 5) is 20.2. The van der Waals surface area contributed by atoms with Crippen molar-refractivity contribution in [1.29, 1.82) is 0 Å². The number of aromatic nitrogens is 3. The number of aryl methyl sites for hydroxylation is 1. The van der Waals surface area contributed by atoms with E-state index in [9.17, 15) is 4.79 Å². The molecular formula is C12H13Cl2N3O2. The van der Waals surface area contributed by atoms with E-state index in [1.807, 2.05) is 0 Å². The second kappa shape index (κ2) is 6.21. The van der Waals surface area contributed by atoms with Gasteiger partial charge in [0.05, 0.1) is 11.6 Å². The third-order valence-corrected chi connectivity index (χ3v) is 2.94. The Hall–Kier alpha value is -1.33. The highest BCUT2D eigenvalue weighted by atomic mass is 35.5. The van der Waals surface area contributed by atoms with E-state index in [2.05, 4.69) is 9.97 Å². The van der Waals surface area contributed by atoms with Gasteiger partial charge in [-0.05, 0) is 13.0 Å². The van der Waals surface area contributed by atoms with Gasteiger partial charge in [0.25, 0.3) is 0 Å². The first-order chi connectivity index (χ1) is 9.15. The molecule has 0 fully saturated rings. The standard InChI is InChI=1S/C12H13Cl2N3O2/c1-2-19-11(18)7-17-10(3-4-13)16-9-5-8(14)6-15-12(9)17/h5-6H,2-4,7H2,1H3. The molecule has 2 aromatic heterocycles. The van der Waals surface area contributed by atoms with Crippen LogP contribution in [0.2, 0.25) is 5.02 Å². The predicted molar refractivity (Wildman–Crippen MR) is 73.6 cm³/mol. The minimum absolute atomic E-state index is 0.0746. The predicted octanol–water partition coefficient (Wildman–Crippen LogP) is 2.43. The summed E-state index contributed by atoms with van der Waals surface area (Å²) in [7, 11) is 0. The third-order valence-electron chi connectivity index (χ3n) is 2.54. The second-order valence-corrected chi connectivity index (χ2v) is 4.67. The maximum absolute atomic E-state index is 11.6. The molecule has 19 heavy (non-hydrogen) atoms. The Morgan fingerprint density at radius 2 is 2.32 bits per heavy atom. The van der Waals surface area contributed by atoms with Gasteiger partial charge in [-0.3, -0.25) is 4.79 Å². The van der Waals surface area contributed by atoms with Crippen molar-refractivity contribution >= 4 is 40.3 Å². The highest BCUT2D eigenvalue weighted by Gasteiger charge is 2.15. The second-order valence-electron chi connectivity index (χ2n) is 3.85. The fourth-order valence-corrected chi connectivity index (χ4v) is 2.13. The summed E-state index contributed by atoms with van der Waals surface area (Å²) in [5, 5.41) is 0.505. The normalized spacial score (nSPS) is 10.9. The van der Waals surface area contributed by atoms with Crippen molar-refractivity contribution in [2.24, 2.45) is 0 Å². The van der Waals surface area contributed by atoms with Gasteiger partial charge in [-0.25, -0.2) is 9.97 Å². The van der Waals surface area contributed by atoms with Gasteiger partial charge in [0.2, 0.25) is 0 Å². The number of pyridine rings is 1. The molecular weight excluding hydrogens is 289 g/mol. The number of ether oxygens (including phenoxy) is 1. The minimum Gasteiger partial charge on any atom is -0.465 e. The maximum atomic E-state index is 11.6. The molecule has 0 radical (unpaired) electrons. The van der Waals surface area contributed by atoms with Crippen molar-refractivity contribution < 1.29 is 9.53 Å². The molecule has 0 unspecified atom stereocenters. The van der Waals surface area contributed by atoms with Crippen LogP contribution in [0.3, 0.4) is 0 Å². The Morgan fingerprint density at radius 1 is 1.53 bits per heavy atom. The van der Waals surface area contributed by atoms with Crippen LogP contribution in [-0.4, -0.2) is 33.0 Å². The summed E-state index contributed by atoms with van der Waals surface area (Å²) in [6.45, 7) is 2.18. The maximum Gasteiger partial charge on any atom is 0.326 e. The fraction of sp³-hybridized carbons (Fsp3) is 0.417. The smallest absolute Gasteiger partial charge is 0.326 e. The summed E-state index contributed by atoms with van der Waals surface area (Å²) in [6.07, 6.45) is 2.08. The van der Waals surface area contributed by atoms with Gasteiger partial charge in [-0.2, -0.15) is 0 Å². The molecule has 0 aliphatic heterocycles. The lowest BCUT2D eigenvalue weighted by atomic mass is 10.4. The summed E-state index contributed by atoms with van der Waals surface area (Å²) in [5.41, 5.74) is 1.26. The molecule has 0 N–H and O–H groups in total. The van der Waals surface area contributed by atoms with E-state index in [4.69, 9.17) is 27.9 Å². The number of halogens is 2. The van der Waals surface area contributed by atoms with E-state index in [1.165, 1.54) is 6.20 Å². The summed E-state index contributed by atoms with van der Waals surface area (Å²) >= 11 is 11.6. The largest absolute Gasteiger partial charge is 0.465 e. The van der Waals surface area contributed by atoms with E-state index < -0.39 is 0 Å². The van der Waals surface area contributed by atoms with E-state index in [0.29, 0.717) is 40.9 Å². The van der Waals surface area contributed by atoms with Crippen LogP contribution >= 0.6 is 23.2 Å². The summed E-state index contributed by atoms with van der Waals surface area (Å²) in [6, 6.07) is 1.71. The first-order valence-electron chi connectivity index (χ1n) is 5.88. The van der Waals surface area contributed by atoms with Crippen LogP contribution in [-0.2, 0) is 22.5 Å². The van der Waals surface area contributed by atoms with E-state index in [0.717, 1.165) is 0 Å². The monoisotopic (exact) mass is 301 g/mol. The van der Waals surface area contributed by atoms with Crippen LogP contribution < -0.4 is 0 Å². The van der Waals surface area contributed by atoms with Gasteiger partial charge >= 0.3 is 5.97 Å². The van der Waals surface area contributed by atoms with E-state index in [1.54, 1.807) is 17.6 Å². The van der Waals surface area contributed by atoms with Gasteiger partial charge in [-0.1, -0.05) is 11.6 Å². The van der Waals surface area contributed by atoms with Crippen molar-refractivity contribution in [1.82, 2.24) is 14.5 Å². The lowest BCUT2D eigenvalue weighted by molar-refractivity contribution is -0.143. The number of hydrogen-bond acceptors (Lipinski definition) is 4. The highest BCUT2D eigenvalue weighted by Crippen LogP contribution is 2.18. The highest BCUT2D eigenvalue weighted by molar-refractivity contribution is 6.31. The number of carbonyl (C=O) groups is 1. The van der Waals surface area contributed by atoms with Gasteiger partial charge in [0, 0.05) is 18.5 Å². The molecule has 7 heteroatoms. The molecule has 0 spiro atoms. The van der Waals surface area contributed by atoms with Crippen LogP contribution in [0.4, 0.5) is 0 Å². The molecule has 0 saturated heterocycles. The van der Waals surface area contributed by atoms with Crippen molar-refractivity contribution in [3.8, 4) is 0 Å². The number of rotatable bonds is 5. The summed E-state index contributed by atoms with van der Waals surface area (Å²) < 4.78 is 6.66. The van der Waals surface area contributed by atoms with Gasteiger partial charge in [0.15, 0.2) is 5.65 Å². The lowest BCUT2D eigenvalue weighted by Gasteiger charge is -2.07. The molecule has 0 amide bonds. The number of hydrogen-bond donors (Lipinski definition) is 0. The Labute approximate surface area is 120 Å². The number of alkyl halides is 1. The van der Waals surface area contributed by atoms with Crippen LogP contribution in [0, 0.1) is 0 Å². The van der Waals surface area contributed by atoms with E-state index >= 15 is 0 Å². The molecule has 0 aliphatic rings. The number of esters is 1. The van der Waals surface area contributed by atoms with Gasteiger partial charge < -0.3 is 9.30 Å². The van der Waals surface area contributed by atoms with Crippen molar-refractivity contribution in [2.75, 3.05) is 12.5 Å². The fourth-order valence-electron chi connectivity index (χ4n) is 1.81. The zero-order valence-corrected chi connectivity index (χ0v) is 11.9. The van der Waals surface area contributed by atoms with Crippen LogP contribution in [0.25, 0.3) is 11.2 Å². The molecule has 0 bridgehead atoms. The van der Waals surface area contributed by atoms with Gasteiger partial charge in [0.1, 0.15) is 17.9 Å². The molecule has 2 heterocycles.